The van der Waals surface area contributed by atoms with E-state index in [0.717, 1.165) is 0 Å². The first-order valence-corrected chi connectivity index (χ1v) is 7.99. The van der Waals surface area contributed by atoms with E-state index in [2.05, 4.69) is 15.0 Å². The first-order chi connectivity index (χ1) is 12.5. The zero-order valence-electron chi connectivity index (χ0n) is 13.8. The smallest absolute Gasteiger partial charge is 0.199 e. The van der Waals surface area contributed by atoms with Crippen molar-refractivity contribution >= 4 is 10.9 Å². The number of ether oxygens (including phenoxy) is 1. The fraction of sp³-hybridized carbons (Fsp3) is 0.105. The maximum atomic E-state index is 14.5. The predicted molar refractivity (Wildman–Crippen MR) is 92.9 cm³/mol. The topological polar surface area (TPSA) is 73.9 Å². The number of aliphatic hydroxyl groups excluding tert-OH is 1. The number of rotatable bonds is 4. The normalized spacial score (nSPS) is 12.5. The molecule has 4 rings (SSSR count). The monoisotopic (exact) mass is 355 g/mol. The van der Waals surface area contributed by atoms with Gasteiger partial charge in [-0.3, -0.25) is 0 Å². The van der Waals surface area contributed by atoms with E-state index in [1.807, 2.05) is 0 Å². The van der Waals surface area contributed by atoms with Crippen molar-refractivity contribution in [1.82, 2.24) is 15.0 Å². The summed E-state index contributed by atoms with van der Waals surface area (Å²) in [5.74, 6) is -1.23. The Morgan fingerprint density at radius 3 is 2.81 bits per heavy atom. The van der Waals surface area contributed by atoms with E-state index in [0.29, 0.717) is 22.6 Å². The van der Waals surface area contributed by atoms with Gasteiger partial charge in [-0.15, -0.1) is 0 Å². The number of halogens is 2. The Morgan fingerprint density at radius 1 is 1.19 bits per heavy atom. The molecule has 4 aromatic rings. The number of nitrogens with one attached hydrogen (secondary N) is 2. The molecule has 2 aromatic heterocycles. The second kappa shape index (κ2) is 6.27. The third kappa shape index (κ3) is 2.82. The average molecular weight is 355 g/mol. The summed E-state index contributed by atoms with van der Waals surface area (Å²) in [6.07, 6.45) is 2.40. The standard InChI is InChI=1S/C19H15F2N3O2/c1-10(25)16-9-23-19(24-16)11-3-2-4-12(7-11)26-18-14(20)8-15-13(17(18)21)5-6-22-15/h2-10,22,25H,1H3,(H,23,24). The lowest BCUT2D eigenvalue weighted by Crippen LogP contribution is -1.94. The van der Waals surface area contributed by atoms with Gasteiger partial charge < -0.3 is 19.8 Å². The van der Waals surface area contributed by atoms with Gasteiger partial charge in [-0.05, 0) is 25.1 Å². The van der Waals surface area contributed by atoms with Gasteiger partial charge in [0.05, 0.1) is 23.5 Å². The molecule has 0 amide bonds. The lowest BCUT2D eigenvalue weighted by Gasteiger charge is -2.10. The molecule has 1 unspecified atom stereocenters. The van der Waals surface area contributed by atoms with Crippen molar-refractivity contribution in [3.8, 4) is 22.9 Å². The van der Waals surface area contributed by atoms with Crippen molar-refractivity contribution in [2.24, 2.45) is 0 Å². The molecule has 3 N–H and O–H groups in total. The zero-order valence-corrected chi connectivity index (χ0v) is 13.8. The van der Waals surface area contributed by atoms with Crippen LogP contribution in [-0.4, -0.2) is 20.1 Å². The summed E-state index contributed by atoms with van der Waals surface area (Å²) in [5, 5.41) is 9.84. The molecule has 0 fully saturated rings. The maximum absolute atomic E-state index is 14.5. The van der Waals surface area contributed by atoms with Gasteiger partial charge in [0, 0.05) is 23.2 Å². The van der Waals surface area contributed by atoms with Crippen molar-refractivity contribution in [1.29, 1.82) is 0 Å². The molecule has 0 saturated heterocycles. The minimum atomic E-state index is -0.794. The van der Waals surface area contributed by atoms with Crippen molar-refractivity contribution in [3.05, 3.63) is 66.1 Å². The van der Waals surface area contributed by atoms with E-state index < -0.39 is 23.5 Å². The molecule has 0 radical (unpaired) electrons. The Balaban J connectivity index is 1.69. The molecule has 0 bridgehead atoms. The van der Waals surface area contributed by atoms with Crippen LogP contribution in [-0.2, 0) is 0 Å². The molecule has 0 saturated carbocycles. The number of imidazole rings is 1. The number of aromatic nitrogens is 3. The highest BCUT2D eigenvalue weighted by atomic mass is 19.1. The zero-order chi connectivity index (χ0) is 18.3. The summed E-state index contributed by atoms with van der Waals surface area (Å²) in [7, 11) is 0. The fourth-order valence-corrected chi connectivity index (χ4v) is 2.73. The molecule has 2 aromatic carbocycles. The number of H-pyrrole nitrogens is 2. The Kier molecular flexibility index (Phi) is 3.93. The minimum Gasteiger partial charge on any atom is -0.451 e. The lowest BCUT2D eigenvalue weighted by atomic mass is 10.2. The Labute approximate surface area is 147 Å². The predicted octanol–water partition coefficient (Wildman–Crippen LogP) is 4.68. The van der Waals surface area contributed by atoms with Crippen LogP contribution in [0.15, 0.2) is 48.8 Å². The van der Waals surface area contributed by atoms with E-state index in [4.69, 9.17) is 4.74 Å². The van der Waals surface area contributed by atoms with Crippen LogP contribution in [0.25, 0.3) is 22.3 Å². The number of hydrogen-bond donors (Lipinski definition) is 3. The van der Waals surface area contributed by atoms with Crippen LogP contribution in [0.5, 0.6) is 11.5 Å². The van der Waals surface area contributed by atoms with Gasteiger partial charge in [-0.25, -0.2) is 13.8 Å². The highest BCUT2D eigenvalue weighted by Crippen LogP contribution is 2.34. The maximum Gasteiger partial charge on any atom is 0.199 e. The molecular weight excluding hydrogens is 340 g/mol. The Morgan fingerprint density at radius 2 is 2.04 bits per heavy atom. The van der Waals surface area contributed by atoms with E-state index in [1.54, 1.807) is 31.2 Å². The SMILES string of the molecule is CC(O)c1cnc(-c2cccc(Oc3c(F)cc4[nH]ccc4c3F)c2)[nH]1. The molecule has 0 spiro atoms. The van der Waals surface area contributed by atoms with Gasteiger partial charge in [0.15, 0.2) is 17.4 Å². The van der Waals surface area contributed by atoms with Crippen molar-refractivity contribution in [2.75, 3.05) is 0 Å². The number of benzene rings is 2. The first-order valence-electron chi connectivity index (χ1n) is 7.99. The van der Waals surface area contributed by atoms with Crippen molar-refractivity contribution < 1.29 is 18.6 Å². The van der Waals surface area contributed by atoms with Gasteiger partial charge in [0.1, 0.15) is 11.6 Å². The van der Waals surface area contributed by atoms with E-state index in [1.165, 1.54) is 24.5 Å². The largest absolute Gasteiger partial charge is 0.451 e. The summed E-state index contributed by atoms with van der Waals surface area (Å²) < 4.78 is 34.2. The molecule has 0 aliphatic rings. The quantitative estimate of drug-likeness (QED) is 0.497. The van der Waals surface area contributed by atoms with E-state index in [9.17, 15) is 13.9 Å². The first kappa shape index (κ1) is 16.3. The minimum absolute atomic E-state index is 0.255. The summed E-state index contributed by atoms with van der Waals surface area (Å²) in [4.78, 5) is 9.96. The highest BCUT2D eigenvalue weighted by molar-refractivity contribution is 5.82. The van der Waals surface area contributed by atoms with Gasteiger partial charge in [0.2, 0.25) is 0 Å². The molecule has 0 aliphatic carbocycles. The molecule has 7 heteroatoms. The number of aromatic amines is 2. The van der Waals surface area contributed by atoms with Crippen LogP contribution in [0, 0.1) is 11.6 Å². The molecule has 5 nitrogen and oxygen atoms in total. The Hall–Kier alpha value is -3.19. The van der Waals surface area contributed by atoms with Crippen LogP contribution >= 0.6 is 0 Å². The summed E-state index contributed by atoms with van der Waals surface area (Å²) >= 11 is 0. The number of nitrogens with zero attached hydrogens (tertiary/aromatic N) is 1. The van der Waals surface area contributed by atoms with Gasteiger partial charge in [-0.1, -0.05) is 12.1 Å². The molecule has 26 heavy (non-hydrogen) atoms. The van der Waals surface area contributed by atoms with Crippen LogP contribution in [0.1, 0.15) is 18.7 Å². The highest BCUT2D eigenvalue weighted by Gasteiger charge is 2.17. The van der Waals surface area contributed by atoms with Crippen molar-refractivity contribution in [2.45, 2.75) is 13.0 Å². The van der Waals surface area contributed by atoms with Gasteiger partial charge >= 0.3 is 0 Å². The van der Waals surface area contributed by atoms with Gasteiger partial charge in [-0.2, -0.15) is 0 Å². The number of fused-ring (bicyclic) bond motifs is 1. The average Bonchev–Trinajstić information content (AvgIpc) is 3.28. The molecule has 0 aliphatic heterocycles. The van der Waals surface area contributed by atoms with Crippen molar-refractivity contribution in [3.63, 3.8) is 0 Å². The third-order valence-electron chi connectivity index (χ3n) is 4.08. The molecule has 2 heterocycles. The summed E-state index contributed by atoms with van der Waals surface area (Å²) in [6, 6.07) is 9.40. The van der Waals surface area contributed by atoms with Crippen LogP contribution in [0.2, 0.25) is 0 Å². The number of aliphatic hydroxyl groups is 1. The van der Waals surface area contributed by atoms with E-state index in [-0.39, 0.29) is 11.1 Å². The van der Waals surface area contributed by atoms with Crippen LogP contribution in [0.3, 0.4) is 0 Å². The lowest BCUT2D eigenvalue weighted by molar-refractivity contribution is 0.195. The second-order valence-corrected chi connectivity index (χ2v) is 5.93. The van der Waals surface area contributed by atoms with Gasteiger partial charge in [0.25, 0.3) is 0 Å². The summed E-state index contributed by atoms with van der Waals surface area (Å²) in [5.41, 5.74) is 1.60. The second-order valence-electron chi connectivity index (χ2n) is 5.93. The van der Waals surface area contributed by atoms with Crippen LogP contribution < -0.4 is 4.74 Å². The molecule has 132 valence electrons. The molecule has 1 atom stereocenters. The Bertz CT molecular complexity index is 1090. The van der Waals surface area contributed by atoms with Crippen LogP contribution in [0.4, 0.5) is 8.78 Å². The molecular formula is C19H15F2N3O2. The fourth-order valence-electron chi connectivity index (χ4n) is 2.73. The number of hydrogen-bond acceptors (Lipinski definition) is 3. The third-order valence-corrected chi connectivity index (χ3v) is 4.08. The summed E-state index contributed by atoms with van der Waals surface area (Å²) in [6.45, 7) is 1.62. The van der Waals surface area contributed by atoms with E-state index >= 15 is 0 Å².